The molecule has 0 amide bonds. The lowest BCUT2D eigenvalue weighted by molar-refractivity contribution is -0.0149. The topological polar surface area (TPSA) is 29.5 Å². The van der Waals surface area contributed by atoms with Crippen LogP contribution in [0.25, 0.3) is 0 Å². The summed E-state index contributed by atoms with van der Waals surface area (Å²) in [5.41, 5.74) is 0.579. The van der Waals surface area contributed by atoms with Gasteiger partial charge in [0.05, 0.1) is 12.2 Å². The van der Waals surface area contributed by atoms with Gasteiger partial charge >= 0.3 is 0 Å². The third-order valence-electron chi connectivity index (χ3n) is 3.22. The Kier molecular flexibility index (Phi) is 4.51. The molecule has 1 heterocycles. The van der Waals surface area contributed by atoms with Gasteiger partial charge in [0, 0.05) is 13.0 Å². The lowest BCUT2D eigenvalue weighted by Crippen LogP contribution is -2.26. The highest BCUT2D eigenvalue weighted by Gasteiger charge is 2.19. The summed E-state index contributed by atoms with van der Waals surface area (Å²) in [5, 5.41) is 9.93. The number of halogens is 1. The van der Waals surface area contributed by atoms with Crippen molar-refractivity contribution in [3.05, 3.63) is 35.6 Å². The molecule has 0 spiro atoms. The predicted molar refractivity (Wildman–Crippen MR) is 64.3 cm³/mol. The van der Waals surface area contributed by atoms with Crippen LogP contribution >= 0.6 is 0 Å². The number of hydrogen-bond acceptors (Lipinski definition) is 2. The molecule has 94 valence electrons. The first-order valence-electron chi connectivity index (χ1n) is 6.29. The quantitative estimate of drug-likeness (QED) is 0.874. The van der Waals surface area contributed by atoms with Gasteiger partial charge in [-0.3, -0.25) is 0 Å². The second-order valence-corrected chi connectivity index (χ2v) is 4.67. The van der Waals surface area contributed by atoms with E-state index in [1.807, 2.05) is 0 Å². The van der Waals surface area contributed by atoms with E-state index in [0.717, 1.165) is 25.9 Å². The zero-order valence-corrected chi connectivity index (χ0v) is 9.94. The van der Waals surface area contributed by atoms with Crippen LogP contribution in [0, 0.1) is 5.82 Å². The van der Waals surface area contributed by atoms with Gasteiger partial charge in [-0.15, -0.1) is 0 Å². The molecule has 0 aromatic heterocycles. The summed E-state index contributed by atoms with van der Waals surface area (Å²) in [7, 11) is 0. The third kappa shape index (κ3) is 3.79. The van der Waals surface area contributed by atoms with Crippen molar-refractivity contribution in [3.63, 3.8) is 0 Å². The Morgan fingerprint density at radius 2 is 2.18 bits per heavy atom. The van der Waals surface area contributed by atoms with Crippen LogP contribution in [0.15, 0.2) is 24.3 Å². The third-order valence-corrected chi connectivity index (χ3v) is 3.22. The van der Waals surface area contributed by atoms with E-state index in [9.17, 15) is 9.50 Å². The van der Waals surface area contributed by atoms with Crippen LogP contribution in [0.2, 0.25) is 0 Å². The Bertz CT molecular complexity index is 348. The van der Waals surface area contributed by atoms with Gasteiger partial charge in [-0.05, 0) is 37.3 Å². The summed E-state index contributed by atoms with van der Waals surface area (Å²) < 4.78 is 18.9. The van der Waals surface area contributed by atoms with Crippen LogP contribution in [-0.2, 0) is 11.2 Å². The number of aliphatic hydroxyl groups is 1. The fourth-order valence-electron chi connectivity index (χ4n) is 2.30. The van der Waals surface area contributed by atoms with Crippen LogP contribution in [-0.4, -0.2) is 23.9 Å². The van der Waals surface area contributed by atoms with Crippen molar-refractivity contribution in [3.8, 4) is 0 Å². The summed E-state index contributed by atoms with van der Waals surface area (Å²) in [4.78, 5) is 0. The smallest absolute Gasteiger partial charge is 0.126 e. The highest BCUT2D eigenvalue weighted by atomic mass is 19.1. The second-order valence-electron chi connectivity index (χ2n) is 4.67. The molecule has 0 radical (unpaired) electrons. The first-order valence-corrected chi connectivity index (χ1v) is 6.29. The molecule has 1 aliphatic rings. The maximum Gasteiger partial charge on any atom is 0.126 e. The fraction of sp³-hybridized carbons (Fsp3) is 0.571. The lowest BCUT2D eigenvalue weighted by Gasteiger charge is -2.24. The van der Waals surface area contributed by atoms with Gasteiger partial charge in [-0.1, -0.05) is 18.2 Å². The largest absolute Gasteiger partial charge is 0.393 e. The van der Waals surface area contributed by atoms with E-state index in [1.54, 1.807) is 18.2 Å². The van der Waals surface area contributed by atoms with Crippen molar-refractivity contribution in [2.45, 2.75) is 44.3 Å². The van der Waals surface area contributed by atoms with Gasteiger partial charge in [-0.2, -0.15) is 0 Å². The van der Waals surface area contributed by atoms with Gasteiger partial charge in [0.15, 0.2) is 0 Å². The van der Waals surface area contributed by atoms with Gasteiger partial charge in [0.1, 0.15) is 5.82 Å². The molecule has 1 aromatic rings. The van der Waals surface area contributed by atoms with Gasteiger partial charge in [-0.25, -0.2) is 4.39 Å². The average molecular weight is 238 g/mol. The zero-order valence-electron chi connectivity index (χ0n) is 9.94. The predicted octanol–water partition coefficient (Wildman–Crippen LogP) is 2.69. The molecule has 3 heteroatoms. The molecule has 2 rings (SSSR count). The number of benzene rings is 1. The summed E-state index contributed by atoms with van der Waals surface area (Å²) in [5.74, 6) is -0.240. The van der Waals surface area contributed by atoms with Crippen LogP contribution in [0.1, 0.15) is 31.2 Å². The second kappa shape index (κ2) is 6.12. The van der Waals surface area contributed by atoms with E-state index in [0.29, 0.717) is 18.4 Å². The zero-order chi connectivity index (χ0) is 12.1. The van der Waals surface area contributed by atoms with Gasteiger partial charge < -0.3 is 9.84 Å². The fourth-order valence-corrected chi connectivity index (χ4v) is 2.30. The average Bonchev–Trinajstić information content (AvgIpc) is 2.33. The van der Waals surface area contributed by atoms with Crippen molar-refractivity contribution in [2.75, 3.05) is 6.61 Å². The van der Waals surface area contributed by atoms with Crippen molar-refractivity contribution >= 4 is 0 Å². The molecule has 2 unspecified atom stereocenters. The standard InChI is InChI=1S/C14H19FO2/c15-14-7-2-1-5-11(14)9-12(16)10-13-6-3-4-8-17-13/h1-2,5,7,12-13,16H,3-4,6,8-10H2. The normalized spacial score (nSPS) is 22.4. The molecular formula is C14H19FO2. The Balaban J connectivity index is 1.84. The van der Waals surface area contributed by atoms with Crippen molar-refractivity contribution in [2.24, 2.45) is 0 Å². The van der Waals surface area contributed by atoms with Crippen LogP contribution in [0.5, 0.6) is 0 Å². The maximum atomic E-state index is 13.4. The minimum absolute atomic E-state index is 0.144. The maximum absolute atomic E-state index is 13.4. The number of rotatable bonds is 4. The molecule has 1 N–H and O–H groups in total. The van der Waals surface area contributed by atoms with E-state index >= 15 is 0 Å². The Morgan fingerprint density at radius 1 is 1.35 bits per heavy atom. The molecular weight excluding hydrogens is 219 g/mol. The molecule has 0 saturated carbocycles. The monoisotopic (exact) mass is 238 g/mol. The summed E-state index contributed by atoms with van der Waals surface area (Å²) in [6, 6.07) is 6.61. The van der Waals surface area contributed by atoms with Gasteiger partial charge in [0.2, 0.25) is 0 Å². The molecule has 1 aliphatic heterocycles. The highest BCUT2D eigenvalue weighted by molar-refractivity contribution is 5.18. The molecule has 1 saturated heterocycles. The Morgan fingerprint density at radius 3 is 2.88 bits per heavy atom. The SMILES string of the molecule is OC(Cc1ccccc1F)CC1CCCCO1. The molecule has 2 atom stereocenters. The van der Waals surface area contributed by atoms with Crippen LogP contribution < -0.4 is 0 Å². The summed E-state index contributed by atoms with van der Waals surface area (Å²) in [6.07, 6.45) is 3.88. The van der Waals surface area contributed by atoms with E-state index in [1.165, 1.54) is 6.07 Å². The first-order chi connectivity index (χ1) is 8.25. The minimum atomic E-state index is -0.519. The Hall–Kier alpha value is -0.930. The number of ether oxygens (including phenoxy) is 1. The molecule has 0 bridgehead atoms. The summed E-state index contributed by atoms with van der Waals surface area (Å²) >= 11 is 0. The Labute approximate surface area is 101 Å². The van der Waals surface area contributed by atoms with E-state index < -0.39 is 6.10 Å². The highest BCUT2D eigenvalue weighted by Crippen LogP contribution is 2.19. The first kappa shape index (κ1) is 12.5. The number of hydrogen-bond donors (Lipinski definition) is 1. The summed E-state index contributed by atoms with van der Waals surface area (Å²) in [6.45, 7) is 0.789. The molecule has 17 heavy (non-hydrogen) atoms. The van der Waals surface area contributed by atoms with Crippen molar-refractivity contribution in [1.82, 2.24) is 0 Å². The minimum Gasteiger partial charge on any atom is -0.393 e. The van der Waals surface area contributed by atoms with E-state index in [-0.39, 0.29) is 11.9 Å². The van der Waals surface area contributed by atoms with Gasteiger partial charge in [0.25, 0.3) is 0 Å². The lowest BCUT2D eigenvalue weighted by atomic mass is 9.99. The molecule has 2 nitrogen and oxygen atoms in total. The van der Waals surface area contributed by atoms with Crippen molar-refractivity contribution < 1.29 is 14.2 Å². The van der Waals surface area contributed by atoms with E-state index in [4.69, 9.17) is 4.74 Å². The molecule has 1 fully saturated rings. The van der Waals surface area contributed by atoms with Crippen molar-refractivity contribution in [1.29, 1.82) is 0 Å². The molecule has 0 aliphatic carbocycles. The van der Waals surface area contributed by atoms with Crippen LogP contribution in [0.3, 0.4) is 0 Å². The number of aliphatic hydroxyl groups excluding tert-OH is 1. The van der Waals surface area contributed by atoms with Crippen LogP contribution in [0.4, 0.5) is 4.39 Å². The van der Waals surface area contributed by atoms with E-state index in [2.05, 4.69) is 0 Å². The molecule has 1 aromatic carbocycles.